The van der Waals surface area contributed by atoms with E-state index in [-0.39, 0.29) is 0 Å². The van der Waals surface area contributed by atoms with Crippen LogP contribution in [0.15, 0.2) is 40.9 Å². The molecule has 27 heavy (non-hydrogen) atoms. The molecule has 1 fully saturated rings. The Balaban J connectivity index is 1.68. The number of nitrogens with one attached hydrogen (secondary N) is 2. The molecule has 1 aliphatic rings. The van der Waals surface area contributed by atoms with Gasteiger partial charge in [0.05, 0.1) is 0 Å². The average molecular weight is 431 g/mol. The fourth-order valence-electron chi connectivity index (χ4n) is 3.33. The standard InChI is InChI=1S/C20H23BrN4O2/c1-14-3-5-17(12-18(14)23-20(27)22-13-26)24-7-9-25(10-8-24)19-6-4-16(21)11-15(19)2/h3-6,11-13H,7-10H2,1-2H3,(H2,22,23,26,27). The SMILES string of the molecule is Cc1ccc(N2CCN(c3ccc(Br)cc3C)CC2)cc1NC(=O)NC=O. The highest BCUT2D eigenvalue weighted by molar-refractivity contribution is 9.10. The van der Waals surface area contributed by atoms with Gasteiger partial charge in [0, 0.05) is 47.7 Å². The number of benzene rings is 2. The number of anilines is 3. The van der Waals surface area contributed by atoms with Gasteiger partial charge in [-0.05, 0) is 55.3 Å². The largest absolute Gasteiger partial charge is 0.368 e. The molecule has 1 saturated heterocycles. The number of amides is 3. The van der Waals surface area contributed by atoms with Crippen molar-refractivity contribution in [2.24, 2.45) is 0 Å². The quantitative estimate of drug-likeness (QED) is 0.726. The van der Waals surface area contributed by atoms with Crippen molar-refractivity contribution in [1.29, 1.82) is 0 Å². The van der Waals surface area contributed by atoms with E-state index in [4.69, 9.17) is 0 Å². The molecule has 2 aromatic carbocycles. The third-order valence-electron chi connectivity index (χ3n) is 4.80. The minimum atomic E-state index is -0.527. The van der Waals surface area contributed by atoms with Gasteiger partial charge in [-0.2, -0.15) is 0 Å². The topological polar surface area (TPSA) is 64.7 Å². The van der Waals surface area contributed by atoms with Crippen LogP contribution in [0.3, 0.4) is 0 Å². The third-order valence-corrected chi connectivity index (χ3v) is 5.30. The molecule has 0 unspecified atom stereocenters. The Morgan fingerprint density at radius 1 is 1.00 bits per heavy atom. The van der Waals surface area contributed by atoms with Crippen molar-refractivity contribution in [2.75, 3.05) is 41.3 Å². The second kappa shape index (κ2) is 8.43. The summed E-state index contributed by atoms with van der Waals surface area (Å²) in [5.74, 6) is 0. The molecular weight excluding hydrogens is 408 g/mol. The van der Waals surface area contributed by atoms with E-state index in [1.54, 1.807) is 0 Å². The molecule has 0 saturated carbocycles. The van der Waals surface area contributed by atoms with E-state index in [1.165, 1.54) is 11.3 Å². The Hall–Kier alpha value is -2.54. The number of urea groups is 1. The number of carbonyl (C=O) groups is 2. The fourth-order valence-corrected chi connectivity index (χ4v) is 3.81. The van der Waals surface area contributed by atoms with Crippen LogP contribution in [0.4, 0.5) is 21.9 Å². The molecule has 2 aromatic rings. The summed E-state index contributed by atoms with van der Waals surface area (Å²) in [5, 5.41) is 4.81. The fraction of sp³-hybridized carbons (Fsp3) is 0.300. The molecule has 142 valence electrons. The van der Waals surface area contributed by atoms with E-state index < -0.39 is 6.03 Å². The summed E-state index contributed by atoms with van der Waals surface area (Å²) < 4.78 is 1.10. The number of hydrogen-bond acceptors (Lipinski definition) is 4. The van der Waals surface area contributed by atoms with E-state index in [0.717, 1.165) is 41.9 Å². The number of hydrogen-bond donors (Lipinski definition) is 2. The van der Waals surface area contributed by atoms with Gasteiger partial charge in [0.1, 0.15) is 0 Å². The second-order valence-electron chi connectivity index (χ2n) is 6.62. The molecule has 6 nitrogen and oxygen atoms in total. The molecule has 3 rings (SSSR count). The summed E-state index contributed by atoms with van der Waals surface area (Å²) in [6, 6.07) is 11.9. The zero-order chi connectivity index (χ0) is 19.4. The van der Waals surface area contributed by atoms with Crippen molar-refractivity contribution in [3.05, 3.63) is 52.0 Å². The number of imide groups is 1. The van der Waals surface area contributed by atoms with E-state index in [0.29, 0.717) is 12.1 Å². The molecule has 0 aromatic heterocycles. The van der Waals surface area contributed by atoms with Gasteiger partial charge in [-0.25, -0.2) is 4.79 Å². The van der Waals surface area contributed by atoms with E-state index in [2.05, 4.69) is 67.6 Å². The zero-order valence-corrected chi connectivity index (χ0v) is 17.0. The van der Waals surface area contributed by atoms with E-state index in [9.17, 15) is 9.59 Å². The Kier molecular flexibility index (Phi) is 6.01. The first-order valence-corrected chi connectivity index (χ1v) is 9.65. The summed E-state index contributed by atoms with van der Waals surface area (Å²) in [6.45, 7) is 7.73. The lowest BCUT2D eigenvalue weighted by atomic mass is 10.1. The molecule has 1 aliphatic heterocycles. The van der Waals surface area contributed by atoms with Gasteiger partial charge in [-0.1, -0.05) is 22.0 Å². The first-order chi connectivity index (χ1) is 13.0. The lowest BCUT2D eigenvalue weighted by Gasteiger charge is -2.38. The maximum Gasteiger partial charge on any atom is 0.325 e. The van der Waals surface area contributed by atoms with E-state index >= 15 is 0 Å². The first kappa shape index (κ1) is 19.2. The number of carbonyl (C=O) groups excluding carboxylic acids is 2. The van der Waals surface area contributed by atoms with Crippen molar-refractivity contribution in [2.45, 2.75) is 13.8 Å². The van der Waals surface area contributed by atoms with Crippen LogP contribution in [0.25, 0.3) is 0 Å². The van der Waals surface area contributed by atoms with Crippen LogP contribution in [-0.2, 0) is 4.79 Å². The van der Waals surface area contributed by atoms with Gasteiger partial charge < -0.3 is 15.1 Å². The van der Waals surface area contributed by atoms with Crippen LogP contribution in [0.2, 0.25) is 0 Å². The summed E-state index contributed by atoms with van der Waals surface area (Å²) in [4.78, 5) is 26.8. The summed E-state index contributed by atoms with van der Waals surface area (Å²) in [6.07, 6.45) is 0.373. The number of halogens is 1. The smallest absolute Gasteiger partial charge is 0.325 e. The molecule has 1 heterocycles. The van der Waals surface area contributed by atoms with Crippen molar-refractivity contribution < 1.29 is 9.59 Å². The highest BCUT2D eigenvalue weighted by Gasteiger charge is 2.19. The van der Waals surface area contributed by atoms with Crippen molar-refractivity contribution in [1.82, 2.24) is 5.32 Å². The maximum absolute atomic E-state index is 11.6. The summed E-state index contributed by atoms with van der Waals surface area (Å²) in [5.41, 5.74) is 5.26. The molecule has 0 spiro atoms. The van der Waals surface area contributed by atoms with Crippen molar-refractivity contribution in [3.8, 4) is 0 Å². The molecule has 2 N–H and O–H groups in total. The lowest BCUT2D eigenvalue weighted by Crippen LogP contribution is -2.46. The maximum atomic E-state index is 11.6. The normalized spacial score (nSPS) is 14.0. The predicted molar refractivity (Wildman–Crippen MR) is 113 cm³/mol. The third kappa shape index (κ3) is 4.60. The Bertz CT molecular complexity index is 848. The molecule has 0 atom stereocenters. The number of rotatable bonds is 4. The van der Waals surface area contributed by atoms with Crippen LogP contribution in [0, 0.1) is 13.8 Å². The predicted octanol–water partition coefficient (Wildman–Crippen LogP) is 3.67. The number of piperazine rings is 1. The van der Waals surface area contributed by atoms with Gasteiger partial charge in [-0.15, -0.1) is 0 Å². The Labute approximate surface area is 167 Å². The minimum Gasteiger partial charge on any atom is -0.368 e. The molecule has 3 amide bonds. The molecule has 0 radical (unpaired) electrons. The van der Waals surface area contributed by atoms with Gasteiger partial charge >= 0.3 is 6.03 Å². The molecule has 0 aliphatic carbocycles. The van der Waals surface area contributed by atoms with Gasteiger partial charge in [-0.3, -0.25) is 10.1 Å². The van der Waals surface area contributed by atoms with Crippen LogP contribution >= 0.6 is 15.9 Å². The second-order valence-corrected chi connectivity index (χ2v) is 7.54. The molecule has 0 bridgehead atoms. The van der Waals surface area contributed by atoms with Crippen LogP contribution in [0.5, 0.6) is 0 Å². The molecular formula is C20H23BrN4O2. The minimum absolute atomic E-state index is 0.373. The van der Waals surface area contributed by atoms with Crippen molar-refractivity contribution in [3.63, 3.8) is 0 Å². The van der Waals surface area contributed by atoms with Crippen LogP contribution < -0.4 is 20.4 Å². The monoisotopic (exact) mass is 430 g/mol. The zero-order valence-electron chi connectivity index (χ0n) is 15.5. The van der Waals surface area contributed by atoms with Gasteiger partial charge in [0.2, 0.25) is 6.41 Å². The molecule has 7 heteroatoms. The van der Waals surface area contributed by atoms with Gasteiger partial charge in [0.25, 0.3) is 0 Å². The Morgan fingerprint density at radius 2 is 1.70 bits per heavy atom. The number of nitrogens with zero attached hydrogens (tertiary/aromatic N) is 2. The summed E-state index contributed by atoms with van der Waals surface area (Å²) in [7, 11) is 0. The van der Waals surface area contributed by atoms with Crippen LogP contribution in [-0.4, -0.2) is 38.6 Å². The highest BCUT2D eigenvalue weighted by Crippen LogP contribution is 2.28. The number of aryl methyl sites for hydroxylation is 2. The average Bonchev–Trinajstić information content (AvgIpc) is 2.64. The Morgan fingerprint density at radius 3 is 2.37 bits per heavy atom. The van der Waals surface area contributed by atoms with Crippen LogP contribution in [0.1, 0.15) is 11.1 Å². The lowest BCUT2D eigenvalue weighted by molar-refractivity contribution is -0.108. The van der Waals surface area contributed by atoms with Gasteiger partial charge in [0.15, 0.2) is 0 Å². The summed E-state index contributed by atoms with van der Waals surface area (Å²) >= 11 is 3.52. The van der Waals surface area contributed by atoms with E-state index in [1.807, 2.05) is 19.1 Å². The van der Waals surface area contributed by atoms with Crippen molar-refractivity contribution >= 4 is 45.4 Å². The first-order valence-electron chi connectivity index (χ1n) is 8.86. The highest BCUT2D eigenvalue weighted by atomic mass is 79.9.